The smallest absolute Gasteiger partial charge is 0.332 e. The maximum absolute atomic E-state index is 13.1. The average molecular weight is 486 g/mol. The number of aryl methyl sites for hydroxylation is 2. The number of aromatic nitrogens is 4. The Labute approximate surface area is 202 Å². The molecule has 1 atom stereocenters. The Balaban J connectivity index is 2.08. The van der Waals surface area contributed by atoms with Crippen LogP contribution < -0.4 is 21.3 Å². The van der Waals surface area contributed by atoms with E-state index in [0.29, 0.717) is 40.9 Å². The molecule has 1 aromatic carbocycles. The van der Waals surface area contributed by atoms with Gasteiger partial charge in [0.2, 0.25) is 5.91 Å². The van der Waals surface area contributed by atoms with E-state index >= 15 is 0 Å². The number of rotatable bonds is 8. The van der Waals surface area contributed by atoms with Gasteiger partial charge in [-0.25, -0.2) is 14.8 Å². The average Bonchev–Trinajstić information content (AvgIpc) is 2.80. The summed E-state index contributed by atoms with van der Waals surface area (Å²) in [5, 5.41) is 2.96. The van der Waals surface area contributed by atoms with Gasteiger partial charge in [-0.05, 0) is 38.0 Å². The number of carbonyl (C=O) groups excluding carboxylic acids is 1. The molecule has 0 fully saturated rings. The number of nitrogens with one attached hydrogen (secondary N) is 1. The second-order valence-corrected chi connectivity index (χ2v) is 9.82. The summed E-state index contributed by atoms with van der Waals surface area (Å²) in [7, 11) is 2.99. The molecule has 34 heavy (non-hydrogen) atoms. The monoisotopic (exact) mass is 485 g/mol. The summed E-state index contributed by atoms with van der Waals surface area (Å²) in [6.45, 7) is 9.94. The standard InChI is InChI=1S/C24H31N5O4S/c1-8-11-29-20-18(23(31)28(6)24(29)32)22(27-19(26-20)13(2)3)34-15(5)21(30)25-16-12-14(4)9-10-17(16)33-7/h9-10,12-13,15H,8,11H2,1-7H3,(H,25,30). The minimum Gasteiger partial charge on any atom is -0.495 e. The molecule has 0 aliphatic heterocycles. The number of ether oxygens (including phenoxy) is 1. The molecule has 0 saturated heterocycles. The van der Waals surface area contributed by atoms with Crippen LogP contribution in [-0.4, -0.2) is 37.4 Å². The molecular weight excluding hydrogens is 454 g/mol. The van der Waals surface area contributed by atoms with Gasteiger partial charge in [0.15, 0.2) is 5.65 Å². The first-order chi connectivity index (χ1) is 16.1. The van der Waals surface area contributed by atoms with E-state index in [9.17, 15) is 14.4 Å². The maximum Gasteiger partial charge on any atom is 0.332 e. The molecule has 0 bridgehead atoms. The quantitative estimate of drug-likeness (QED) is 0.384. The summed E-state index contributed by atoms with van der Waals surface area (Å²) in [6.07, 6.45) is 0.702. The normalized spacial score (nSPS) is 12.2. The number of hydrogen-bond donors (Lipinski definition) is 1. The lowest BCUT2D eigenvalue weighted by molar-refractivity contribution is -0.115. The number of hydrogen-bond acceptors (Lipinski definition) is 7. The van der Waals surface area contributed by atoms with Crippen LogP contribution >= 0.6 is 11.8 Å². The number of nitrogens with zero attached hydrogens (tertiary/aromatic N) is 4. The first kappa shape index (κ1) is 25.5. The van der Waals surface area contributed by atoms with E-state index < -0.39 is 16.5 Å². The Bertz CT molecular complexity index is 1350. The molecule has 1 N–H and O–H groups in total. The van der Waals surface area contributed by atoms with Crippen molar-refractivity contribution >= 4 is 34.4 Å². The fourth-order valence-electron chi connectivity index (χ4n) is 3.50. The van der Waals surface area contributed by atoms with Gasteiger partial charge in [-0.3, -0.25) is 18.7 Å². The maximum atomic E-state index is 13.1. The Morgan fingerprint density at radius 3 is 2.53 bits per heavy atom. The lowest BCUT2D eigenvalue weighted by atomic mass is 10.2. The Morgan fingerprint density at radius 1 is 1.21 bits per heavy atom. The SMILES string of the molecule is CCCn1c(=O)n(C)c(=O)c2c(SC(C)C(=O)Nc3cc(C)ccc3OC)nc(C(C)C)nc21. The molecule has 0 saturated carbocycles. The van der Waals surface area contributed by atoms with Crippen molar-refractivity contribution in [3.8, 4) is 5.75 Å². The van der Waals surface area contributed by atoms with E-state index in [4.69, 9.17) is 4.74 Å². The number of methoxy groups -OCH3 is 1. The van der Waals surface area contributed by atoms with Gasteiger partial charge < -0.3 is 10.1 Å². The van der Waals surface area contributed by atoms with Crippen molar-refractivity contribution in [1.29, 1.82) is 0 Å². The van der Waals surface area contributed by atoms with E-state index in [1.165, 1.54) is 23.4 Å². The molecule has 3 rings (SSSR count). The molecule has 2 aromatic heterocycles. The zero-order valence-corrected chi connectivity index (χ0v) is 21.4. The summed E-state index contributed by atoms with van der Waals surface area (Å²) in [5.74, 6) is 0.785. The molecule has 3 aromatic rings. The number of thioether (sulfide) groups is 1. The van der Waals surface area contributed by atoms with Gasteiger partial charge >= 0.3 is 5.69 Å². The van der Waals surface area contributed by atoms with Crippen molar-refractivity contribution in [2.75, 3.05) is 12.4 Å². The summed E-state index contributed by atoms with van der Waals surface area (Å²) >= 11 is 1.17. The van der Waals surface area contributed by atoms with Crippen LogP contribution in [-0.2, 0) is 18.4 Å². The van der Waals surface area contributed by atoms with Gasteiger partial charge in [-0.15, -0.1) is 0 Å². The lowest BCUT2D eigenvalue weighted by Gasteiger charge is -2.17. The zero-order valence-electron chi connectivity index (χ0n) is 20.6. The van der Waals surface area contributed by atoms with E-state index in [1.807, 2.05) is 39.8 Å². The molecule has 0 aliphatic carbocycles. The molecule has 9 nitrogen and oxygen atoms in total. The van der Waals surface area contributed by atoms with Crippen molar-refractivity contribution in [2.24, 2.45) is 7.05 Å². The van der Waals surface area contributed by atoms with Crippen molar-refractivity contribution in [3.05, 3.63) is 50.4 Å². The van der Waals surface area contributed by atoms with Crippen molar-refractivity contribution < 1.29 is 9.53 Å². The molecule has 0 spiro atoms. The van der Waals surface area contributed by atoms with Crippen LogP contribution in [0, 0.1) is 6.92 Å². The van der Waals surface area contributed by atoms with Gasteiger partial charge in [-0.2, -0.15) is 0 Å². The predicted octanol–water partition coefficient (Wildman–Crippen LogP) is 3.46. The second-order valence-electron chi connectivity index (χ2n) is 8.49. The number of fused-ring (bicyclic) bond motifs is 1. The van der Waals surface area contributed by atoms with Crippen LogP contribution in [0.2, 0.25) is 0 Å². The van der Waals surface area contributed by atoms with E-state index in [1.54, 1.807) is 20.1 Å². The first-order valence-corrected chi connectivity index (χ1v) is 12.1. The summed E-state index contributed by atoms with van der Waals surface area (Å²) in [5.41, 5.74) is 0.975. The van der Waals surface area contributed by atoms with Crippen molar-refractivity contribution in [1.82, 2.24) is 19.1 Å². The highest BCUT2D eigenvalue weighted by atomic mass is 32.2. The zero-order chi connectivity index (χ0) is 25.2. The van der Waals surface area contributed by atoms with Gasteiger partial charge in [-0.1, -0.05) is 38.6 Å². The van der Waals surface area contributed by atoms with Crippen molar-refractivity contribution in [2.45, 2.75) is 63.8 Å². The van der Waals surface area contributed by atoms with E-state index in [0.717, 1.165) is 10.1 Å². The predicted molar refractivity (Wildman–Crippen MR) is 135 cm³/mol. The summed E-state index contributed by atoms with van der Waals surface area (Å²) < 4.78 is 7.94. The number of amides is 1. The molecule has 182 valence electrons. The largest absolute Gasteiger partial charge is 0.495 e. The molecule has 2 heterocycles. The summed E-state index contributed by atoms with van der Waals surface area (Å²) in [6, 6.07) is 5.54. The number of benzene rings is 1. The van der Waals surface area contributed by atoms with Gasteiger partial charge in [0.25, 0.3) is 5.56 Å². The molecule has 10 heteroatoms. The van der Waals surface area contributed by atoms with Gasteiger partial charge in [0.1, 0.15) is 22.0 Å². The molecule has 1 amide bonds. The Kier molecular flexibility index (Phi) is 7.81. The third-order valence-corrected chi connectivity index (χ3v) is 6.49. The lowest BCUT2D eigenvalue weighted by Crippen LogP contribution is -2.39. The molecule has 0 aliphatic rings. The van der Waals surface area contributed by atoms with Crippen LogP contribution in [0.4, 0.5) is 5.69 Å². The van der Waals surface area contributed by atoms with Gasteiger partial charge in [0.05, 0.1) is 18.0 Å². The minimum atomic E-state index is -0.584. The minimum absolute atomic E-state index is 0.0290. The third kappa shape index (κ3) is 5.01. The van der Waals surface area contributed by atoms with E-state index in [-0.39, 0.29) is 17.2 Å². The van der Waals surface area contributed by atoms with Crippen LogP contribution in [0.5, 0.6) is 5.75 Å². The number of anilines is 1. The fraction of sp³-hybridized carbons (Fsp3) is 0.458. The highest BCUT2D eigenvalue weighted by Crippen LogP contribution is 2.30. The first-order valence-electron chi connectivity index (χ1n) is 11.2. The highest BCUT2D eigenvalue weighted by Gasteiger charge is 2.24. The third-order valence-electron chi connectivity index (χ3n) is 5.40. The van der Waals surface area contributed by atoms with Crippen molar-refractivity contribution in [3.63, 3.8) is 0 Å². The second kappa shape index (κ2) is 10.4. The van der Waals surface area contributed by atoms with Crippen LogP contribution in [0.3, 0.4) is 0 Å². The van der Waals surface area contributed by atoms with E-state index in [2.05, 4.69) is 15.3 Å². The Morgan fingerprint density at radius 2 is 1.91 bits per heavy atom. The van der Waals surface area contributed by atoms with Gasteiger partial charge in [0, 0.05) is 19.5 Å². The molecule has 0 radical (unpaired) electrons. The molecule has 1 unspecified atom stereocenters. The Hall–Kier alpha value is -3.14. The number of carbonyl (C=O) groups is 1. The highest BCUT2D eigenvalue weighted by molar-refractivity contribution is 8.00. The molecular formula is C24H31N5O4S. The van der Waals surface area contributed by atoms with Crippen LogP contribution in [0.25, 0.3) is 11.0 Å². The topological polar surface area (TPSA) is 108 Å². The summed E-state index contributed by atoms with van der Waals surface area (Å²) in [4.78, 5) is 48.2. The van der Waals surface area contributed by atoms with Crippen LogP contribution in [0.1, 0.15) is 51.4 Å². The van der Waals surface area contributed by atoms with Crippen LogP contribution in [0.15, 0.2) is 32.8 Å². The fourth-order valence-corrected chi connectivity index (χ4v) is 4.44.